The SMILES string of the molecule is CCC1CC2CC(OCC3CCC4C(OC)CCC34)CC2C1. The van der Waals surface area contributed by atoms with Crippen LogP contribution in [-0.2, 0) is 9.47 Å². The Morgan fingerprint density at radius 3 is 2.27 bits per heavy atom. The lowest BCUT2D eigenvalue weighted by Crippen LogP contribution is -2.22. The average molecular weight is 306 g/mol. The van der Waals surface area contributed by atoms with Crippen molar-refractivity contribution in [2.24, 2.45) is 35.5 Å². The number of methoxy groups -OCH3 is 1. The third kappa shape index (κ3) is 2.75. The molecule has 2 nitrogen and oxygen atoms in total. The molecule has 0 aliphatic heterocycles. The first-order valence-electron chi connectivity index (χ1n) is 9.92. The fraction of sp³-hybridized carbons (Fsp3) is 1.00. The first kappa shape index (κ1) is 15.4. The molecule has 0 bridgehead atoms. The molecule has 0 heterocycles. The summed E-state index contributed by atoms with van der Waals surface area (Å²) < 4.78 is 12.1. The van der Waals surface area contributed by atoms with Crippen molar-refractivity contribution in [3.8, 4) is 0 Å². The maximum atomic E-state index is 6.43. The molecule has 0 amide bonds. The van der Waals surface area contributed by atoms with Crippen molar-refractivity contribution < 1.29 is 9.47 Å². The molecule has 0 aromatic heterocycles. The summed E-state index contributed by atoms with van der Waals surface area (Å²) in [7, 11) is 1.90. The van der Waals surface area contributed by atoms with E-state index in [1.54, 1.807) is 0 Å². The summed E-state index contributed by atoms with van der Waals surface area (Å²) in [5.74, 6) is 5.58. The van der Waals surface area contributed by atoms with Gasteiger partial charge in [0.2, 0.25) is 0 Å². The molecule has 0 saturated heterocycles. The first-order chi connectivity index (χ1) is 10.8. The molecule has 4 saturated carbocycles. The minimum absolute atomic E-state index is 0.548. The lowest BCUT2D eigenvalue weighted by molar-refractivity contribution is 0.0152. The molecule has 0 radical (unpaired) electrons. The van der Waals surface area contributed by atoms with E-state index in [0.717, 1.165) is 42.1 Å². The van der Waals surface area contributed by atoms with Crippen molar-refractivity contribution in [3.05, 3.63) is 0 Å². The summed E-state index contributed by atoms with van der Waals surface area (Å²) in [6.45, 7) is 3.41. The van der Waals surface area contributed by atoms with Gasteiger partial charge in [-0.2, -0.15) is 0 Å². The Balaban J connectivity index is 1.24. The van der Waals surface area contributed by atoms with Gasteiger partial charge < -0.3 is 9.47 Å². The monoisotopic (exact) mass is 306 g/mol. The summed E-state index contributed by atoms with van der Waals surface area (Å²) in [6.07, 6.45) is 13.7. The van der Waals surface area contributed by atoms with Crippen LogP contribution in [0.25, 0.3) is 0 Å². The van der Waals surface area contributed by atoms with Gasteiger partial charge in [-0.05, 0) is 86.9 Å². The minimum Gasteiger partial charge on any atom is -0.381 e. The highest BCUT2D eigenvalue weighted by Gasteiger charge is 2.46. The molecule has 6 unspecified atom stereocenters. The van der Waals surface area contributed by atoms with Crippen LogP contribution in [0.15, 0.2) is 0 Å². The predicted molar refractivity (Wildman–Crippen MR) is 88.7 cm³/mol. The number of hydrogen-bond acceptors (Lipinski definition) is 2. The Bertz CT molecular complexity index is 368. The van der Waals surface area contributed by atoms with Crippen molar-refractivity contribution in [2.75, 3.05) is 13.7 Å². The van der Waals surface area contributed by atoms with Crippen LogP contribution in [-0.4, -0.2) is 25.9 Å². The Labute approximate surface area is 136 Å². The van der Waals surface area contributed by atoms with E-state index >= 15 is 0 Å². The third-order valence-electron chi connectivity index (χ3n) is 7.78. The smallest absolute Gasteiger partial charge is 0.0602 e. The number of rotatable bonds is 5. The quantitative estimate of drug-likeness (QED) is 0.735. The van der Waals surface area contributed by atoms with E-state index in [1.165, 1.54) is 57.8 Å². The van der Waals surface area contributed by atoms with E-state index in [-0.39, 0.29) is 0 Å². The highest BCUT2D eigenvalue weighted by atomic mass is 16.5. The second-order valence-corrected chi connectivity index (χ2v) is 8.71. The van der Waals surface area contributed by atoms with Gasteiger partial charge >= 0.3 is 0 Å². The Kier molecular flexibility index (Phi) is 4.52. The van der Waals surface area contributed by atoms with Gasteiger partial charge in [0.15, 0.2) is 0 Å². The molecule has 0 aromatic carbocycles. The van der Waals surface area contributed by atoms with Crippen LogP contribution in [0.4, 0.5) is 0 Å². The largest absolute Gasteiger partial charge is 0.381 e. The summed E-state index contributed by atoms with van der Waals surface area (Å²) in [5.41, 5.74) is 0. The zero-order valence-corrected chi connectivity index (χ0v) is 14.5. The zero-order chi connectivity index (χ0) is 15.1. The normalized spacial score (nSPS) is 50.5. The molecular formula is C20H34O2. The van der Waals surface area contributed by atoms with Gasteiger partial charge in [-0.3, -0.25) is 0 Å². The topological polar surface area (TPSA) is 18.5 Å². The summed E-state index contributed by atoms with van der Waals surface area (Å²) in [6, 6.07) is 0. The van der Waals surface area contributed by atoms with Gasteiger partial charge in [0.05, 0.1) is 18.8 Å². The van der Waals surface area contributed by atoms with Crippen LogP contribution in [0, 0.1) is 35.5 Å². The maximum absolute atomic E-state index is 6.43. The van der Waals surface area contributed by atoms with Crippen LogP contribution in [0.2, 0.25) is 0 Å². The summed E-state index contributed by atoms with van der Waals surface area (Å²) in [4.78, 5) is 0. The van der Waals surface area contributed by atoms with Gasteiger partial charge in [-0.15, -0.1) is 0 Å². The predicted octanol–water partition coefficient (Wildman–Crippen LogP) is 4.67. The van der Waals surface area contributed by atoms with Crippen LogP contribution in [0.5, 0.6) is 0 Å². The van der Waals surface area contributed by atoms with Crippen LogP contribution in [0.3, 0.4) is 0 Å². The highest BCUT2D eigenvalue weighted by molar-refractivity contribution is 4.95. The molecule has 4 aliphatic carbocycles. The van der Waals surface area contributed by atoms with Gasteiger partial charge in [0.25, 0.3) is 0 Å². The van der Waals surface area contributed by atoms with Crippen molar-refractivity contribution in [1.29, 1.82) is 0 Å². The maximum Gasteiger partial charge on any atom is 0.0602 e. The van der Waals surface area contributed by atoms with E-state index < -0.39 is 0 Å². The minimum atomic E-state index is 0.548. The van der Waals surface area contributed by atoms with E-state index in [1.807, 2.05) is 7.11 Å². The molecular weight excluding hydrogens is 272 g/mol. The molecule has 0 spiro atoms. The van der Waals surface area contributed by atoms with E-state index in [4.69, 9.17) is 9.47 Å². The number of ether oxygens (including phenoxy) is 2. The van der Waals surface area contributed by atoms with Crippen molar-refractivity contribution >= 4 is 0 Å². The van der Waals surface area contributed by atoms with Crippen molar-refractivity contribution in [2.45, 2.75) is 76.9 Å². The second kappa shape index (κ2) is 6.43. The summed E-state index contributed by atoms with van der Waals surface area (Å²) in [5, 5.41) is 0. The van der Waals surface area contributed by atoms with Gasteiger partial charge in [0.1, 0.15) is 0 Å². The zero-order valence-electron chi connectivity index (χ0n) is 14.5. The highest BCUT2D eigenvalue weighted by Crippen LogP contribution is 2.51. The van der Waals surface area contributed by atoms with Gasteiger partial charge in [-0.25, -0.2) is 0 Å². The fourth-order valence-corrected chi connectivity index (χ4v) is 6.58. The Hall–Kier alpha value is -0.0800. The van der Waals surface area contributed by atoms with E-state index in [2.05, 4.69) is 6.92 Å². The molecule has 2 heteroatoms. The standard InChI is InChI=1S/C20H34O2/c1-3-13-8-15-10-17(11-16(15)9-13)22-12-14-4-5-19-18(14)6-7-20(19)21-2/h13-20H,3-12H2,1-2H3. The van der Waals surface area contributed by atoms with Crippen molar-refractivity contribution in [1.82, 2.24) is 0 Å². The lowest BCUT2D eigenvalue weighted by atomic mass is 9.92. The summed E-state index contributed by atoms with van der Waals surface area (Å²) >= 11 is 0. The average Bonchev–Trinajstić information content (AvgIpc) is 3.24. The third-order valence-corrected chi connectivity index (χ3v) is 7.78. The molecule has 4 fully saturated rings. The molecule has 4 aliphatic rings. The molecule has 0 N–H and O–H groups in total. The second-order valence-electron chi connectivity index (χ2n) is 8.71. The first-order valence-corrected chi connectivity index (χ1v) is 9.92. The van der Waals surface area contributed by atoms with E-state index in [9.17, 15) is 0 Å². The molecule has 6 atom stereocenters. The Morgan fingerprint density at radius 2 is 1.59 bits per heavy atom. The van der Waals surface area contributed by atoms with Crippen LogP contribution < -0.4 is 0 Å². The lowest BCUT2D eigenvalue weighted by Gasteiger charge is -2.22. The molecule has 126 valence electrons. The molecule has 0 aromatic rings. The Morgan fingerprint density at radius 1 is 0.864 bits per heavy atom. The van der Waals surface area contributed by atoms with E-state index in [0.29, 0.717) is 12.2 Å². The number of fused-ring (bicyclic) bond motifs is 2. The van der Waals surface area contributed by atoms with Crippen LogP contribution >= 0.6 is 0 Å². The van der Waals surface area contributed by atoms with Gasteiger partial charge in [-0.1, -0.05) is 13.3 Å². The van der Waals surface area contributed by atoms with Crippen molar-refractivity contribution in [3.63, 3.8) is 0 Å². The number of hydrogen-bond donors (Lipinski definition) is 0. The molecule has 4 rings (SSSR count). The fourth-order valence-electron chi connectivity index (χ4n) is 6.58. The molecule has 22 heavy (non-hydrogen) atoms. The van der Waals surface area contributed by atoms with Crippen LogP contribution in [0.1, 0.15) is 64.7 Å². The van der Waals surface area contributed by atoms with Gasteiger partial charge in [0, 0.05) is 7.11 Å².